The predicted octanol–water partition coefficient (Wildman–Crippen LogP) is 0.308. The van der Waals surface area contributed by atoms with E-state index in [-0.39, 0.29) is 0 Å². The van der Waals surface area contributed by atoms with Crippen molar-refractivity contribution in [3.63, 3.8) is 0 Å². The summed E-state index contributed by atoms with van der Waals surface area (Å²) in [5.74, 6) is 0. The van der Waals surface area contributed by atoms with Crippen LogP contribution in [0, 0.1) is 0 Å². The van der Waals surface area contributed by atoms with Crippen molar-refractivity contribution >= 4 is 0 Å². The lowest BCUT2D eigenvalue weighted by Crippen LogP contribution is -2.53. The largest absolute Gasteiger partial charge is 0.315 e. The van der Waals surface area contributed by atoms with Gasteiger partial charge in [-0.1, -0.05) is 0 Å². The van der Waals surface area contributed by atoms with Crippen LogP contribution >= 0.6 is 0 Å². The van der Waals surface area contributed by atoms with Crippen LogP contribution in [0.3, 0.4) is 0 Å². The Balaban J connectivity index is 1.51. The maximum atomic E-state index is 3.64. The van der Waals surface area contributed by atoms with Crippen LogP contribution in [0.15, 0.2) is 0 Å². The normalized spacial score (nSPS) is 28.0. The molecule has 2 fully saturated rings. The van der Waals surface area contributed by atoms with Gasteiger partial charge in [-0.15, -0.1) is 0 Å². The van der Waals surface area contributed by atoms with Gasteiger partial charge in [0.15, 0.2) is 0 Å². The summed E-state index contributed by atoms with van der Waals surface area (Å²) in [6, 6.07) is 0.690. The lowest BCUT2D eigenvalue weighted by atomic mass is 10.2. The molecule has 0 bridgehead atoms. The van der Waals surface area contributed by atoms with Crippen molar-refractivity contribution in [2.24, 2.45) is 0 Å². The Kier molecular flexibility index (Phi) is 5.89. The highest BCUT2D eigenvalue weighted by atomic mass is 15.3. The van der Waals surface area contributed by atoms with Crippen LogP contribution in [0.25, 0.3) is 0 Å². The van der Waals surface area contributed by atoms with Crippen LogP contribution in [0.4, 0.5) is 0 Å². The molecule has 2 aliphatic rings. The zero-order valence-electron chi connectivity index (χ0n) is 12.2. The van der Waals surface area contributed by atoms with E-state index in [0.29, 0.717) is 6.04 Å². The SMILES string of the molecule is CN1CCN(C)C(CNCCCN2CCCC2)C1. The highest BCUT2D eigenvalue weighted by molar-refractivity contribution is 4.80. The molecule has 1 N–H and O–H groups in total. The molecule has 2 heterocycles. The topological polar surface area (TPSA) is 21.8 Å². The second-order valence-electron chi connectivity index (χ2n) is 6.00. The molecule has 0 saturated carbocycles. The van der Waals surface area contributed by atoms with E-state index >= 15 is 0 Å². The third-order valence-corrected chi connectivity index (χ3v) is 4.39. The zero-order valence-corrected chi connectivity index (χ0v) is 12.2. The molecule has 4 nitrogen and oxygen atoms in total. The van der Waals surface area contributed by atoms with Gasteiger partial charge in [0.2, 0.25) is 0 Å². The number of piperazine rings is 1. The summed E-state index contributed by atoms with van der Waals surface area (Å²) >= 11 is 0. The Bertz CT molecular complexity index is 228. The Hall–Kier alpha value is -0.160. The molecular weight excluding hydrogens is 224 g/mol. The van der Waals surface area contributed by atoms with Gasteiger partial charge in [-0.25, -0.2) is 0 Å². The van der Waals surface area contributed by atoms with Crippen LogP contribution in [0.5, 0.6) is 0 Å². The Morgan fingerprint density at radius 2 is 1.83 bits per heavy atom. The van der Waals surface area contributed by atoms with E-state index in [1.807, 2.05) is 0 Å². The molecule has 4 heteroatoms. The molecule has 0 amide bonds. The summed E-state index contributed by atoms with van der Waals surface area (Å²) < 4.78 is 0. The quantitative estimate of drug-likeness (QED) is 0.689. The van der Waals surface area contributed by atoms with E-state index in [0.717, 1.165) is 6.54 Å². The van der Waals surface area contributed by atoms with E-state index in [1.54, 1.807) is 0 Å². The molecule has 18 heavy (non-hydrogen) atoms. The molecule has 0 aromatic carbocycles. The van der Waals surface area contributed by atoms with Gasteiger partial charge in [-0.05, 0) is 59.5 Å². The van der Waals surface area contributed by atoms with Crippen LogP contribution in [0.1, 0.15) is 19.3 Å². The van der Waals surface area contributed by atoms with Gasteiger partial charge in [0.05, 0.1) is 0 Å². The van der Waals surface area contributed by atoms with Crippen LogP contribution in [-0.4, -0.2) is 87.2 Å². The molecule has 0 spiro atoms. The number of likely N-dealkylation sites (tertiary alicyclic amines) is 1. The molecular formula is C14H30N4. The molecule has 1 atom stereocenters. The van der Waals surface area contributed by atoms with E-state index < -0.39 is 0 Å². The highest BCUT2D eigenvalue weighted by Gasteiger charge is 2.21. The second-order valence-corrected chi connectivity index (χ2v) is 6.00. The minimum atomic E-state index is 0.690. The molecule has 106 valence electrons. The summed E-state index contributed by atoms with van der Waals surface area (Å²) in [7, 11) is 4.48. The highest BCUT2D eigenvalue weighted by Crippen LogP contribution is 2.07. The zero-order chi connectivity index (χ0) is 12.8. The molecule has 2 aliphatic heterocycles. The Morgan fingerprint density at radius 1 is 1.06 bits per heavy atom. The molecule has 0 radical (unpaired) electrons. The second kappa shape index (κ2) is 7.43. The fraction of sp³-hybridized carbons (Fsp3) is 1.00. The summed E-state index contributed by atoms with van der Waals surface area (Å²) in [5.41, 5.74) is 0. The molecule has 1 unspecified atom stereocenters. The minimum Gasteiger partial charge on any atom is -0.315 e. The van der Waals surface area contributed by atoms with Gasteiger partial charge in [0.25, 0.3) is 0 Å². The average molecular weight is 254 g/mol. The summed E-state index contributed by atoms with van der Waals surface area (Å²) in [6.07, 6.45) is 4.12. The third kappa shape index (κ3) is 4.50. The van der Waals surface area contributed by atoms with Crippen molar-refractivity contribution < 1.29 is 0 Å². The molecule has 2 saturated heterocycles. The smallest absolute Gasteiger partial charge is 0.0345 e. The van der Waals surface area contributed by atoms with Gasteiger partial charge in [0.1, 0.15) is 0 Å². The summed E-state index contributed by atoms with van der Waals surface area (Å²) in [6.45, 7) is 9.87. The third-order valence-electron chi connectivity index (χ3n) is 4.39. The van der Waals surface area contributed by atoms with Crippen molar-refractivity contribution in [3.8, 4) is 0 Å². The number of hydrogen-bond acceptors (Lipinski definition) is 4. The predicted molar refractivity (Wildman–Crippen MR) is 77.1 cm³/mol. The lowest BCUT2D eigenvalue weighted by Gasteiger charge is -2.37. The van der Waals surface area contributed by atoms with Gasteiger partial charge >= 0.3 is 0 Å². The average Bonchev–Trinajstić information content (AvgIpc) is 2.86. The number of nitrogens with zero attached hydrogens (tertiary/aromatic N) is 3. The monoisotopic (exact) mass is 254 g/mol. The standard InChI is InChI=1S/C14H30N4/c1-16-10-11-17(2)14(13-16)12-15-6-5-9-18-7-3-4-8-18/h14-15H,3-13H2,1-2H3. The van der Waals surface area contributed by atoms with E-state index in [1.165, 1.54) is 65.1 Å². The van der Waals surface area contributed by atoms with Crippen molar-refractivity contribution in [1.82, 2.24) is 20.0 Å². The lowest BCUT2D eigenvalue weighted by molar-refractivity contribution is 0.113. The van der Waals surface area contributed by atoms with Crippen molar-refractivity contribution in [2.45, 2.75) is 25.3 Å². The maximum Gasteiger partial charge on any atom is 0.0345 e. The van der Waals surface area contributed by atoms with Gasteiger partial charge < -0.3 is 15.1 Å². The molecule has 0 aliphatic carbocycles. The Labute approximate surface area is 112 Å². The van der Waals surface area contributed by atoms with E-state index in [9.17, 15) is 0 Å². The van der Waals surface area contributed by atoms with Crippen molar-refractivity contribution in [2.75, 3.05) is 66.5 Å². The first-order valence-electron chi connectivity index (χ1n) is 7.57. The van der Waals surface area contributed by atoms with Crippen molar-refractivity contribution in [3.05, 3.63) is 0 Å². The van der Waals surface area contributed by atoms with Gasteiger partial charge in [0, 0.05) is 32.2 Å². The van der Waals surface area contributed by atoms with Crippen LogP contribution < -0.4 is 5.32 Å². The first-order chi connectivity index (χ1) is 8.75. The first kappa shape index (κ1) is 14.3. The van der Waals surface area contributed by atoms with E-state index in [4.69, 9.17) is 0 Å². The molecule has 0 aromatic heterocycles. The fourth-order valence-corrected chi connectivity index (χ4v) is 3.02. The van der Waals surface area contributed by atoms with Gasteiger partial charge in [-0.2, -0.15) is 0 Å². The number of nitrogens with one attached hydrogen (secondary N) is 1. The van der Waals surface area contributed by atoms with Crippen LogP contribution in [-0.2, 0) is 0 Å². The Morgan fingerprint density at radius 3 is 2.61 bits per heavy atom. The first-order valence-corrected chi connectivity index (χ1v) is 7.57. The number of likely N-dealkylation sites (N-methyl/N-ethyl adjacent to an activating group) is 2. The fourth-order valence-electron chi connectivity index (χ4n) is 3.02. The number of rotatable bonds is 6. The number of hydrogen-bond donors (Lipinski definition) is 1. The van der Waals surface area contributed by atoms with Gasteiger partial charge in [-0.3, -0.25) is 4.90 Å². The molecule has 2 rings (SSSR count). The minimum absolute atomic E-state index is 0.690. The summed E-state index contributed by atoms with van der Waals surface area (Å²) in [5, 5.41) is 3.64. The van der Waals surface area contributed by atoms with E-state index in [2.05, 4.69) is 34.1 Å². The maximum absolute atomic E-state index is 3.64. The molecule has 0 aromatic rings. The van der Waals surface area contributed by atoms with Crippen molar-refractivity contribution in [1.29, 1.82) is 0 Å². The van der Waals surface area contributed by atoms with Crippen LogP contribution in [0.2, 0.25) is 0 Å². The summed E-state index contributed by atoms with van der Waals surface area (Å²) in [4.78, 5) is 7.53.